The molecular formula is C11H13N5O2. The molecule has 7 nitrogen and oxygen atoms in total. The molecule has 0 aliphatic carbocycles. The van der Waals surface area contributed by atoms with Gasteiger partial charge in [0.05, 0.1) is 20.6 Å². The lowest BCUT2D eigenvalue weighted by molar-refractivity contribution is -0.117. The Labute approximate surface area is 104 Å². The molecule has 0 saturated carbocycles. The van der Waals surface area contributed by atoms with E-state index < -0.39 is 0 Å². The highest BCUT2D eigenvalue weighted by Crippen LogP contribution is 2.08. The summed E-state index contributed by atoms with van der Waals surface area (Å²) in [6.45, 7) is 0. The summed E-state index contributed by atoms with van der Waals surface area (Å²) in [5, 5.41) is 11.4. The summed E-state index contributed by atoms with van der Waals surface area (Å²) in [5.41, 5.74) is 0.838. The number of aromatic nitrogens is 5. The van der Waals surface area contributed by atoms with E-state index in [2.05, 4.69) is 20.4 Å². The summed E-state index contributed by atoms with van der Waals surface area (Å²) in [5.74, 6) is 0.987. The first-order chi connectivity index (χ1) is 8.67. The Balaban J connectivity index is 1.94. The van der Waals surface area contributed by atoms with Crippen LogP contribution >= 0.6 is 0 Å². The summed E-state index contributed by atoms with van der Waals surface area (Å²) >= 11 is 0. The second-order valence-corrected chi connectivity index (χ2v) is 3.80. The molecule has 2 aromatic heterocycles. The molecule has 2 aromatic rings. The van der Waals surface area contributed by atoms with Gasteiger partial charge in [-0.1, -0.05) is 6.07 Å². The zero-order valence-electron chi connectivity index (χ0n) is 10.2. The number of carbonyl (C=O) groups excluding carboxylic acids is 1. The van der Waals surface area contributed by atoms with Crippen molar-refractivity contribution < 1.29 is 9.53 Å². The summed E-state index contributed by atoms with van der Waals surface area (Å²) in [7, 11) is 3.21. The van der Waals surface area contributed by atoms with Gasteiger partial charge in [0.2, 0.25) is 5.88 Å². The van der Waals surface area contributed by atoms with Crippen molar-refractivity contribution >= 4 is 5.78 Å². The molecule has 0 saturated heterocycles. The number of ketones is 1. The van der Waals surface area contributed by atoms with Crippen molar-refractivity contribution in [1.29, 1.82) is 0 Å². The molecule has 0 bridgehead atoms. The zero-order valence-corrected chi connectivity index (χ0v) is 10.2. The van der Waals surface area contributed by atoms with Crippen molar-refractivity contribution in [3.05, 3.63) is 29.7 Å². The molecule has 0 atom stereocenters. The first-order valence-electron chi connectivity index (χ1n) is 5.41. The van der Waals surface area contributed by atoms with Gasteiger partial charge in [-0.05, 0) is 10.8 Å². The van der Waals surface area contributed by atoms with Gasteiger partial charge in [0.15, 0.2) is 5.82 Å². The molecular weight excluding hydrogens is 234 g/mol. The standard InChI is InChI=1S/C11H13N5O2/c1-16-14-10(13-15-16)6-9(17)5-8-3-4-11(18-2)12-7-8/h3-4,7H,5-6H2,1-2H3. The van der Waals surface area contributed by atoms with E-state index in [-0.39, 0.29) is 12.2 Å². The quantitative estimate of drug-likeness (QED) is 0.737. The molecule has 0 aliphatic heterocycles. The van der Waals surface area contributed by atoms with E-state index in [1.54, 1.807) is 26.4 Å². The third-order valence-electron chi connectivity index (χ3n) is 2.31. The molecule has 2 rings (SSSR count). The zero-order chi connectivity index (χ0) is 13.0. The van der Waals surface area contributed by atoms with Crippen LogP contribution in [-0.4, -0.2) is 38.1 Å². The van der Waals surface area contributed by atoms with Gasteiger partial charge >= 0.3 is 0 Å². The highest BCUT2D eigenvalue weighted by Gasteiger charge is 2.09. The summed E-state index contributed by atoms with van der Waals surface area (Å²) in [6.07, 6.45) is 2.11. The van der Waals surface area contributed by atoms with Crippen LogP contribution in [0.1, 0.15) is 11.4 Å². The number of rotatable bonds is 5. The number of nitrogens with zero attached hydrogens (tertiary/aromatic N) is 5. The lowest BCUT2D eigenvalue weighted by Gasteiger charge is -2.01. The number of ether oxygens (including phenoxy) is 1. The van der Waals surface area contributed by atoms with Crippen LogP contribution in [0.3, 0.4) is 0 Å². The largest absolute Gasteiger partial charge is 0.481 e. The van der Waals surface area contributed by atoms with Crippen molar-refractivity contribution in [2.24, 2.45) is 7.05 Å². The minimum absolute atomic E-state index is 0.0231. The molecule has 0 amide bonds. The number of Topliss-reactive ketones (excluding diaryl/α,β-unsaturated/α-hetero) is 1. The number of carbonyl (C=O) groups is 1. The van der Waals surface area contributed by atoms with Crippen molar-refractivity contribution in [2.75, 3.05) is 7.11 Å². The van der Waals surface area contributed by atoms with Crippen LogP contribution in [0.5, 0.6) is 5.88 Å². The monoisotopic (exact) mass is 247 g/mol. The Kier molecular flexibility index (Phi) is 3.61. The Hall–Kier alpha value is -2.31. The maximum Gasteiger partial charge on any atom is 0.212 e. The van der Waals surface area contributed by atoms with Gasteiger partial charge in [0.25, 0.3) is 0 Å². The molecule has 0 spiro atoms. The minimum Gasteiger partial charge on any atom is -0.481 e. The fraction of sp³-hybridized carbons (Fsp3) is 0.364. The Bertz CT molecular complexity index is 535. The average Bonchev–Trinajstić information content (AvgIpc) is 2.75. The topological polar surface area (TPSA) is 82.8 Å². The fourth-order valence-corrected chi connectivity index (χ4v) is 1.50. The van der Waals surface area contributed by atoms with E-state index in [1.807, 2.05) is 6.07 Å². The first-order valence-corrected chi connectivity index (χ1v) is 5.41. The third-order valence-corrected chi connectivity index (χ3v) is 2.31. The summed E-state index contributed by atoms with van der Waals surface area (Å²) in [4.78, 5) is 17.1. The number of aryl methyl sites for hydroxylation is 1. The van der Waals surface area contributed by atoms with Crippen LogP contribution in [-0.2, 0) is 24.7 Å². The second kappa shape index (κ2) is 5.35. The van der Waals surface area contributed by atoms with E-state index in [9.17, 15) is 4.79 Å². The lowest BCUT2D eigenvalue weighted by Crippen LogP contribution is -2.08. The maximum atomic E-state index is 11.8. The van der Waals surface area contributed by atoms with Gasteiger partial charge in [-0.25, -0.2) is 4.98 Å². The molecule has 94 valence electrons. The number of tetrazole rings is 1. The third kappa shape index (κ3) is 3.09. The van der Waals surface area contributed by atoms with Crippen LogP contribution in [0.4, 0.5) is 0 Å². The average molecular weight is 247 g/mol. The van der Waals surface area contributed by atoms with Gasteiger partial charge in [-0.2, -0.15) is 4.80 Å². The van der Waals surface area contributed by atoms with Crippen molar-refractivity contribution in [3.63, 3.8) is 0 Å². The summed E-state index contributed by atoms with van der Waals surface area (Å²) < 4.78 is 4.95. The second-order valence-electron chi connectivity index (χ2n) is 3.80. The lowest BCUT2D eigenvalue weighted by atomic mass is 10.1. The molecule has 0 aromatic carbocycles. The predicted octanol–water partition coefficient (Wildman–Crippen LogP) is -0.0320. The van der Waals surface area contributed by atoms with Crippen LogP contribution in [0, 0.1) is 0 Å². The smallest absolute Gasteiger partial charge is 0.212 e. The Morgan fingerprint density at radius 2 is 2.22 bits per heavy atom. The molecule has 2 heterocycles. The van der Waals surface area contributed by atoms with Gasteiger partial charge in [-0.3, -0.25) is 4.79 Å². The summed E-state index contributed by atoms with van der Waals surface area (Å²) in [6, 6.07) is 3.54. The molecule has 0 radical (unpaired) electrons. The predicted molar refractivity (Wildman–Crippen MR) is 62.0 cm³/mol. The van der Waals surface area contributed by atoms with Gasteiger partial charge in [0, 0.05) is 18.7 Å². The Morgan fingerprint density at radius 1 is 1.39 bits per heavy atom. The highest BCUT2D eigenvalue weighted by molar-refractivity contribution is 5.82. The van der Waals surface area contributed by atoms with Gasteiger partial charge < -0.3 is 4.74 Å². The van der Waals surface area contributed by atoms with E-state index in [0.717, 1.165) is 5.56 Å². The van der Waals surface area contributed by atoms with E-state index in [4.69, 9.17) is 4.74 Å². The van der Waals surface area contributed by atoms with Crippen LogP contribution in [0.2, 0.25) is 0 Å². The van der Waals surface area contributed by atoms with Crippen molar-refractivity contribution in [2.45, 2.75) is 12.8 Å². The van der Waals surface area contributed by atoms with Gasteiger partial charge in [0.1, 0.15) is 5.78 Å². The van der Waals surface area contributed by atoms with E-state index in [1.165, 1.54) is 4.80 Å². The number of pyridine rings is 1. The molecule has 0 fully saturated rings. The van der Waals surface area contributed by atoms with Crippen LogP contribution < -0.4 is 4.74 Å². The van der Waals surface area contributed by atoms with Crippen molar-refractivity contribution in [1.82, 2.24) is 25.2 Å². The maximum absolute atomic E-state index is 11.8. The molecule has 7 heteroatoms. The van der Waals surface area contributed by atoms with E-state index in [0.29, 0.717) is 18.1 Å². The SMILES string of the molecule is COc1ccc(CC(=O)Cc2nnn(C)n2)cn1. The first kappa shape index (κ1) is 12.2. The number of methoxy groups -OCH3 is 1. The minimum atomic E-state index is 0.0231. The number of hydrogen-bond donors (Lipinski definition) is 0. The molecule has 0 unspecified atom stereocenters. The van der Waals surface area contributed by atoms with Crippen LogP contribution in [0.15, 0.2) is 18.3 Å². The van der Waals surface area contributed by atoms with Crippen LogP contribution in [0.25, 0.3) is 0 Å². The molecule has 18 heavy (non-hydrogen) atoms. The van der Waals surface area contributed by atoms with E-state index >= 15 is 0 Å². The highest BCUT2D eigenvalue weighted by atomic mass is 16.5. The van der Waals surface area contributed by atoms with Crippen molar-refractivity contribution in [3.8, 4) is 5.88 Å². The normalized spacial score (nSPS) is 10.3. The molecule has 0 N–H and O–H groups in total. The Morgan fingerprint density at radius 3 is 2.78 bits per heavy atom. The van der Waals surface area contributed by atoms with Gasteiger partial charge in [-0.15, -0.1) is 10.2 Å². The molecule has 0 aliphatic rings. The number of hydrogen-bond acceptors (Lipinski definition) is 6. The fourth-order valence-electron chi connectivity index (χ4n) is 1.50.